The number of unbranched alkanes of at least 4 members (excludes halogenated alkanes) is 22. The van der Waals surface area contributed by atoms with Gasteiger partial charge in [-0.1, -0.05) is 155 Å². The molecule has 8 nitrogen and oxygen atoms in total. The van der Waals surface area contributed by atoms with Crippen molar-refractivity contribution in [2.45, 2.75) is 168 Å². The average Bonchev–Trinajstić information content (AvgIpc) is 3.25. The summed E-state index contributed by atoms with van der Waals surface area (Å²) in [6, 6.07) is 10.6. The number of carbonyl (C=O) groups excluding carboxylic acids is 2. The van der Waals surface area contributed by atoms with E-state index in [0.717, 1.165) is 38.5 Å². The lowest BCUT2D eigenvalue weighted by Crippen LogP contribution is -2.14. The van der Waals surface area contributed by atoms with Crippen molar-refractivity contribution < 1.29 is 46.1 Å². The maximum absolute atomic E-state index is 15.0. The van der Waals surface area contributed by atoms with Gasteiger partial charge in [-0.05, 0) is 61.4 Å². The minimum Gasteiger partial charge on any atom is -0.451 e. The van der Waals surface area contributed by atoms with Gasteiger partial charge in [0.2, 0.25) is 34.8 Å². The summed E-state index contributed by atoms with van der Waals surface area (Å²) in [4.78, 5) is 24.4. The molecule has 0 unspecified atom stereocenters. The number of carbonyl (C=O) groups is 2. The van der Waals surface area contributed by atoms with Gasteiger partial charge in [-0.25, -0.2) is 9.59 Å². The van der Waals surface area contributed by atoms with E-state index < -0.39 is 47.0 Å². The Morgan fingerprint density at radius 3 is 0.917 bits per heavy atom. The van der Waals surface area contributed by atoms with E-state index >= 15 is 17.6 Å². The van der Waals surface area contributed by atoms with Crippen LogP contribution in [-0.4, -0.2) is 25.4 Å². The Kier molecular flexibility index (Phi) is 25.4. The van der Waals surface area contributed by atoms with Crippen LogP contribution in [-0.2, 0) is 9.47 Å². The van der Waals surface area contributed by atoms with Gasteiger partial charge in [0.05, 0.1) is 13.2 Å². The number of rotatable bonds is 32. The standard InChI is InChI=1S/C48H68F4N2O6/c1-3-5-7-9-11-13-15-17-19-21-23-25-35-57-47(55)53-37-27-31-39(32-28-37)59-45-41(49)43(51)46(44(52)42(45)50)60-40-33-29-38(30-34-40)54-48(56)58-36-26-24-22-20-18-16-14-12-10-8-6-4-2/h27-34H,3-26,35-36H2,1-2H3,(H,53,55)(H,54,56). The van der Waals surface area contributed by atoms with E-state index in [1.807, 2.05) is 0 Å². The van der Waals surface area contributed by atoms with Gasteiger partial charge in [-0.3, -0.25) is 10.6 Å². The van der Waals surface area contributed by atoms with Gasteiger partial charge in [0.15, 0.2) is 0 Å². The van der Waals surface area contributed by atoms with Crippen LogP contribution >= 0.6 is 0 Å². The zero-order chi connectivity index (χ0) is 43.2. The molecule has 3 rings (SSSR count). The molecule has 0 aliphatic carbocycles. The topological polar surface area (TPSA) is 95.1 Å². The summed E-state index contributed by atoms with van der Waals surface area (Å²) in [5, 5.41) is 5.11. The summed E-state index contributed by atoms with van der Waals surface area (Å²) in [5.41, 5.74) is 0.633. The Morgan fingerprint density at radius 1 is 0.400 bits per heavy atom. The Hall–Kier alpha value is -4.48. The predicted octanol–water partition coefficient (Wildman–Crippen LogP) is 16.3. The summed E-state index contributed by atoms with van der Waals surface area (Å²) >= 11 is 0. The van der Waals surface area contributed by atoms with Crippen molar-refractivity contribution in [3.63, 3.8) is 0 Å². The number of hydrogen-bond donors (Lipinski definition) is 2. The number of ether oxygens (including phenoxy) is 4. The fourth-order valence-corrected chi connectivity index (χ4v) is 6.74. The van der Waals surface area contributed by atoms with Crippen molar-refractivity contribution >= 4 is 23.6 Å². The smallest absolute Gasteiger partial charge is 0.411 e. The first-order chi connectivity index (χ1) is 29.2. The first-order valence-electron chi connectivity index (χ1n) is 22.5. The fourth-order valence-electron chi connectivity index (χ4n) is 6.74. The number of amides is 2. The van der Waals surface area contributed by atoms with E-state index in [9.17, 15) is 9.59 Å². The molecule has 0 heterocycles. The second-order valence-corrected chi connectivity index (χ2v) is 15.5. The monoisotopic (exact) mass is 845 g/mol. The van der Waals surface area contributed by atoms with Crippen molar-refractivity contribution in [2.75, 3.05) is 23.8 Å². The molecule has 0 aromatic heterocycles. The third-order valence-electron chi connectivity index (χ3n) is 10.3. The second kappa shape index (κ2) is 30.5. The van der Waals surface area contributed by atoms with E-state index in [1.165, 1.54) is 164 Å². The van der Waals surface area contributed by atoms with Crippen molar-refractivity contribution in [1.29, 1.82) is 0 Å². The fraction of sp³-hybridized carbons (Fsp3) is 0.583. The number of hydrogen-bond acceptors (Lipinski definition) is 6. The molecule has 0 aliphatic rings. The molecule has 2 amide bonds. The summed E-state index contributed by atoms with van der Waals surface area (Å²) in [7, 11) is 0. The van der Waals surface area contributed by atoms with Crippen LogP contribution in [0.3, 0.4) is 0 Å². The molecule has 0 aliphatic heterocycles. The summed E-state index contributed by atoms with van der Waals surface area (Å²) < 4.78 is 80.9. The molecule has 3 aromatic carbocycles. The summed E-state index contributed by atoms with van der Waals surface area (Å²) in [6.07, 6.45) is 27.4. The summed E-state index contributed by atoms with van der Waals surface area (Å²) in [5.74, 6) is -10.1. The molecule has 0 saturated heterocycles. The van der Waals surface area contributed by atoms with Crippen molar-refractivity contribution in [3.05, 3.63) is 71.8 Å². The molecule has 0 spiro atoms. The highest BCUT2D eigenvalue weighted by molar-refractivity contribution is 5.85. The second-order valence-electron chi connectivity index (χ2n) is 15.5. The minimum atomic E-state index is -1.80. The maximum atomic E-state index is 15.0. The SMILES string of the molecule is CCCCCCCCCCCCCCOC(=O)Nc1ccc(Oc2c(F)c(F)c(Oc3ccc(NC(=O)OCCCCCCCCCCCCCC)cc3)c(F)c2F)cc1. The highest BCUT2D eigenvalue weighted by Crippen LogP contribution is 2.39. The van der Waals surface area contributed by atoms with Gasteiger partial charge in [-0.2, -0.15) is 17.6 Å². The van der Waals surface area contributed by atoms with Gasteiger partial charge in [0, 0.05) is 11.4 Å². The van der Waals surface area contributed by atoms with Crippen LogP contribution in [0.15, 0.2) is 48.5 Å². The van der Waals surface area contributed by atoms with Gasteiger partial charge in [0.1, 0.15) is 11.5 Å². The molecule has 334 valence electrons. The minimum absolute atomic E-state index is 0.147. The van der Waals surface area contributed by atoms with Crippen LogP contribution in [0.25, 0.3) is 0 Å². The maximum Gasteiger partial charge on any atom is 0.411 e. The number of anilines is 2. The van der Waals surface area contributed by atoms with E-state index in [2.05, 4.69) is 24.5 Å². The van der Waals surface area contributed by atoms with Crippen molar-refractivity contribution in [3.8, 4) is 23.0 Å². The largest absolute Gasteiger partial charge is 0.451 e. The highest BCUT2D eigenvalue weighted by Gasteiger charge is 2.29. The van der Waals surface area contributed by atoms with Crippen LogP contribution in [0.5, 0.6) is 23.0 Å². The Labute approximate surface area is 355 Å². The number of halogens is 4. The van der Waals surface area contributed by atoms with Crippen LogP contribution < -0.4 is 20.1 Å². The lowest BCUT2D eigenvalue weighted by atomic mass is 10.1. The van der Waals surface area contributed by atoms with E-state index in [1.54, 1.807) is 0 Å². The predicted molar refractivity (Wildman–Crippen MR) is 231 cm³/mol. The lowest BCUT2D eigenvalue weighted by molar-refractivity contribution is 0.158. The molecule has 0 radical (unpaired) electrons. The van der Waals surface area contributed by atoms with Crippen LogP contribution in [0.2, 0.25) is 0 Å². The first-order valence-corrected chi connectivity index (χ1v) is 22.5. The first kappa shape index (κ1) is 49.9. The third kappa shape index (κ3) is 20.2. The van der Waals surface area contributed by atoms with E-state index in [-0.39, 0.29) is 24.7 Å². The van der Waals surface area contributed by atoms with Gasteiger partial charge >= 0.3 is 12.2 Å². The van der Waals surface area contributed by atoms with Crippen molar-refractivity contribution in [2.24, 2.45) is 0 Å². The molecular weight excluding hydrogens is 777 g/mol. The van der Waals surface area contributed by atoms with E-state index in [0.29, 0.717) is 11.4 Å². The van der Waals surface area contributed by atoms with Crippen LogP contribution in [0.4, 0.5) is 38.5 Å². The molecular formula is C48H68F4N2O6. The Balaban J connectivity index is 1.34. The van der Waals surface area contributed by atoms with Crippen molar-refractivity contribution in [1.82, 2.24) is 0 Å². The lowest BCUT2D eigenvalue weighted by Gasteiger charge is -2.14. The zero-order valence-electron chi connectivity index (χ0n) is 36.0. The third-order valence-corrected chi connectivity index (χ3v) is 10.3. The molecule has 0 bridgehead atoms. The van der Waals surface area contributed by atoms with E-state index in [4.69, 9.17) is 18.9 Å². The number of nitrogens with one attached hydrogen (secondary N) is 2. The molecule has 0 fully saturated rings. The molecule has 0 atom stereocenters. The van der Waals surface area contributed by atoms with Crippen LogP contribution in [0, 0.1) is 23.3 Å². The summed E-state index contributed by atoms with van der Waals surface area (Å²) in [6.45, 7) is 5.00. The van der Waals surface area contributed by atoms with Gasteiger partial charge < -0.3 is 18.9 Å². The number of benzene rings is 3. The molecule has 60 heavy (non-hydrogen) atoms. The highest BCUT2D eigenvalue weighted by atomic mass is 19.2. The molecule has 3 aromatic rings. The zero-order valence-corrected chi connectivity index (χ0v) is 36.0. The average molecular weight is 845 g/mol. The Morgan fingerprint density at radius 2 is 0.650 bits per heavy atom. The Bertz CT molecular complexity index is 1490. The molecule has 2 N–H and O–H groups in total. The molecule has 12 heteroatoms. The normalized spacial score (nSPS) is 11.0. The quantitative estimate of drug-likeness (QED) is 0.0369. The van der Waals surface area contributed by atoms with Crippen LogP contribution in [0.1, 0.15) is 168 Å². The molecule has 0 saturated carbocycles. The van der Waals surface area contributed by atoms with Gasteiger partial charge in [-0.15, -0.1) is 0 Å². The van der Waals surface area contributed by atoms with Gasteiger partial charge in [0.25, 0.3) is 0 Å².